The number of hydrogen-bond donors (Lipinski definition) is 1. The van der Waals surface area contributed by atoms with E-state index in [1.165, 1.54) is 12.8 Å². The molecule has 0 amide bonds. The maximum absolute atomic E-state index is 9.07. The molecule has 4 nitrogen and oxygen atoms in total. The first kappa shape index (κ1) is 14.8. The summed E-state index contributed by atoms with van der Waals surface area (Å²) in [6, 6.07) is 9.24. The minimum absolute atomic E-state index is 0.538. The molecule has 1 saturated carbocycles. The molecule has 1 aliphatic rings. The van der Waals surface area contributed by atoms with Crippen molar-refractivity contribution in [1.29, 1.82) is 5.26 Å². The van der Waals surface area contributed by atoms with Crippen LogP contribution in [0, 0.1) is 11.3 Å². The second kappa shape index (κ2) is 6.74. The molecule has 1 aromatic carbocycles. The van der Waals surface area contributed by atoms with Gasteiger partial charge < -0.3 is 10.1 Å². The third-order valence-electron chi connectivity index (χ3n) is 3.97. The van der Waals surface area contributed by atoms with Gasteiger partial charge in [-0.3, -0.25) is 4.90 Å². The van der Waals surface area contributed by atoms with E-state index in [1.807, 2.05) is 18.2 Å². The highest BCUT2D eigenvalue weighted by Crippen LogP contribution is 2.26. The lowest BCUT2D eigenvalue weighted by Crippen LogP contribution is -2.38. The Kier molecular flexibility index (Phi) is 4.99. The summed E-state index contributed by atoms with van der Waals surface area (Å²) in [4.78, 5) is 2.45. The average Bonchev–Trinajstić information content (AvgIpc) is 3.30. The van der Waals surface area contributed by atoms with Gasteiger partial charge in [0, 0.05) is 25.2 Å². The lowest BCUT2D eigenvalue weighted by molar-refractivity contribution is 0.241. The van der Waals surface area contributed by atoms with Gasteiger partial charge in [-0.1, -0.05) is 6.07 Å². The molecule has 4 heteroatoms. The number of nitrogens with zero attached hydrogens (tertiary/aromatic N) is 2. The van der Waals surface area contributed by atoms with Crippen LogP contribution in [0.25, 0.3) is 0 Å². The van der Waals surface area contributed by atoms with E-state index in [-0.39, 0.29) is 0 Å². The van der Waals surface area contributed by atoms with E-state index < -0.39 is 0 Å². The second-order valence-electron chi connectivity index (χ2n) is 5.52. The smallest absolute Gasteiger partial charge is 0.136 e. The van der Waals surface area contributed by atoms with Gasteiger partial charge in [-0.15, -0.1) is 0 Å². The van der Waals surface area contributed by atoms with Gasteiger partial charge in [0.2, 0.25) is 0 Å². The summed E-state index contributed by atoms with van der Waals surface area (Å²) >= 11 is 0. The van der Waals surface area contributed by atoms with Crippen LogP contribution < -0.4 is 10.1 Å². The minimum atomic E-state index is 0.538. The van der Waals surface area contributed by atoms with Crippen LogP contribution in [0.15, 0.2) is 18.2 Å². The van der Waals surface area contributed by atoms with E-state index in [0.29, 0.717) is 17.4 Å². The summed E-state index contributed by atoms with van der Waals surface area (Å²) in [6.45, 7) is 3.99. The number of benzene rings is 1. The summed E-state index contributed by atoms with van der Waals surface area (Å²) in [7, 11) is 3.79. The van der Waals surface area contributed by atoms with Crippen molar-refractivity contribution in [3.05, 3.63) is 29.3 Å². The fraction of sp³-hybridized carbons (Fsp3) is 0.562. The number of methoxy groups -OCH3 is 1. The van der Waals surface area contributed by atoms with Gasteiger partial charge in [0.1, 0.15) is 11.8 Å². The normalized spacial score (nSPS) is 15.9. The molecule has 0 bridgehead atoms. The summed E-state index contributed by atoms with van der Waals surface area (Å²) in [5.41, 5.74) is 1.71. The molecule has 1 aromatic rings. The fourth-order valence-electron chi connectivity index (χ4n) is 2.36. The van der Waals surface area contributed by atoms with E-state index in [9.17, 15) is 0 Å². The number of nitrogens with one attached hydrogen (secondary N) is 1. The molecule has 0 aliphatic heterocycles. The third kappa shape index (κ3) is 3.72. The van der Waals surface area contributed by atoms with E-state index in [2.05, 4.69) is 30.3 Å². The van der Waals surface area contributed by atoms with Crippen molar-refractivity contribution in [3.8, 4) is 11.8 Å². The Morgan fingerprint density at radius 2 is 2.25 bits per heavy atom. The van der Waals surface area contributed by atoms with Gasteiger partial charge in [0.25, 0.3) is 0 Å². The van der Waals surface area contributed by atoms with Crippen molar-refractivity contribution >= 4 is 0 Å². The van der Waals surface area contributed by atoms with Crippen molar-refractivity contribution in [2.75, 3.05) is 20.7 Å². The summed E-state index contributed by atoms with van der Waals surface area (Å²) in [5, 5.41) is 12.5. The van der Waals surface area contributed by atoms with Crippen LogP contribution in [-0.4, -0.2) is 37.7 Å². The molecular weight excluding hydrogens is 250 g/mol. The van der Waals surface area contributed by atoms with Crippen molar-refractivity contribution in [2.24, 2.45) is 0 Å². The molecule has 0 aromatic heterocycles. The Balaban J connectivity index is 1.83. The average molecular weight is 273 g/mol. The molecule has 0 radical (unpaired) electrons. The van der Waals surface area contributed by atoms with Crippen molar-refractivity contribution in [2.45, 2.75) is 38.4 Å². The van der Waals surface area contributed by atoms with E-state index >= 15 is 0 Å². The molecule has 0 spiro atoms. The number of rotatable bonds is 7. The van der Waals surface area contributed by atoms with Crippen LogP contribution in [0.1, 0.15) is 30.9 Å². The van der Waals surface area contributed by atoms with Crippen molar-refractivity contribution < 1.29 is 4.74 Å². The third-order valence-corrected chi connectivity index (χ3v) is 3.97. The zero-order valence-corrected chi connectivity index (χ0v) is 12.5. The maximum atomic E-state index is 9.07. The predicted octanol–water partition coefficient (Wildman–Crippen LogP) is 2.14. The molecular formula is C16H23N3O. The van der Waals surface area contributed by atoms with Crippen LogP contribution in [0.3, 0.4) is 0 Å². The van der Waals surface area contributed by atoms with Crippen molar-refractivity contribution in [1.82, 2.24) is 10.2 Å². The fourth-order valence-corrected chi connectivity index (χ4v) is 2.36. The molecule has 2 rings (SSSR count). The Labute approximate surface area is 121 Å². The Bertz CT molecular complexity index is 491. The Morgan fingerprint density at radius 3 is 2.85 bits per heavy atom. The Hall–Kier alpha value is -1.57. The van der Waals surface area contributed by atoms with Crippen LogP contribution in [-0.2, 0) is 6.54 Å². The highest BCUT2D eigenvalue weighted by molar-refractivity contribution is 5.45. The molecule has 1 fully saturated rings. The standard InChI is InChI=1S/C16H23N3O/c1-12(19(2)15-5-6-15)10-18-11-13-4-7-16(20-3)14(8-13)9-17/h4,7-8,12,15,18H,5-6,10-11H2,1-3H3. The zero-order valence-electron chi connectivity index (χ0n) is 12.5. The number of hydrogen-bond acceptors (Lipinski definition) is 4. The molecule has 1 unspecified atom stereocenters. The zero-order chi connectivity index (χ0) is 14.5. The summed E-state index contributed by atoms with van der Waals surface area (Å²) in [5.74, 6) is 0.637. The maximum Gasteiger partial charge on any atom is 0.136 e. The van der Waals surface area contributed by atoms with Gasteiger partial charge in [-0.2, -0.15) is 5.26 Å². The summed E-state index contributed by atoms with van der Waals surface area (Å²) in [6.07, 6.45) is 2.68. The molecule has 0 heterocycles. The first-order valence-electron chi connectivity index (χ1n) is 7.15. The van der Waals surface area contributed by atoms with E-state index in [4.69, 9.17) is 10.00 Å². The predicted molar refractivity (Wildman–Crippen MR) is 79.7 cm³/mol. The topological polar surface area (TPSA) is 48.3 Å². The number of ether oxygens (including phenoxy) is 1. The minimum Gasteiger partial charge on any atom is -0.495 e. The Morgan fingerprint density at radius 1 is 1.50 bits per heavy atom. The van der Waals surface area contributed by atoms with E-state index in [1.54, 1.807) is 7.11 Å². The molecule has 0 saturated heterocycles. The SMILES string of the molecule is COc1ccc(CNCC(C)N(C)C2CC2)cc1C#N. The summed E-state index contributed by atoms with van der Waals surface area (Å²) < 4.78 is 5.15. The van der Waals surface area contributed by atoms with Crippen LogP contribution in [0.5, 0.6) is 5.75 Å². The van der Waals surface area contributed by atoms with Gasteiger partial charge in [-0.25, -0.2) is 0 Å². The number of nitriles is 1. The first-order chi connectivity index (χ1) is 9.65. The first-order valence-corrected chi connectivity index (χ1v) is 7.15. The van der Waals surface area contributed by atoms with Gasteiger partial charge in [0.15, 0.2) is 0 Å². The molecule has 108 valence electrons. The largest absolute Gasteiger partial charge is 0.495 e. The second-order valence-corrected chi connectivity index (χ2v) is 5.52. The highest BCUT2D eigenvalue weighted by atomic mass is 16.5. The van der Waals surface area contributed by atoms with Crippen LogP contribution in [0.2, 0.25) is 0 Å². The quantitative estimate of drug-likeness (QED) is 0.827. The van der Waals surface area contributed by atoms with Gasteiger partial charge in [0.05, 0.1) is 12.7 Å². The van der Waals surface area contributed by atoms with Crippen molar-refractivity contribution in [3.63, 3.8) is 0 Å². The molecule has 1 N–H and O–H groups in total. The van der Waals surface area contributed by atoms with Crippen LogP contribution >= 0.6 is 0 Å². The van der Waals surface area contributed by atoms with Gasteiger partial charge in [-0.05, 0) is 44.5 Å². The van der Waals surface area contributed by atoms with E-state index in [0.717, 1.165) is 24.7 Å². The lowest BCUT2D eigenvalue weighted by Gasteiger charge is -2.24. The molecule has 1 aliphatic carbocycles. The molecule has 20 heavy (non-hydrogen) atoms. The highest BCUT2D eigenvalue weighted by Gasteiger charge is 2.28. The molecule has 1 atom stereocenters. The van der Waals surface area contributed by atoms with Crippen LogP contribution in [0.4, 0.5) is 0 Å². The monoisotopic (exact) mass is 273 g/mol. The number of likely N-dealkylation sites (N-methyl/N-ethyl adjacent to an activating group) is 1. The van der Waals surface area contributed by atoms with Gasteiger partial charge >= 0.3 is 0 Å². The lowest BCUT2D eigenvalue weighted by atomic mass is 10.1.